The van der Waals surface area contributed by atoms with Crippen LogP contribution in [0.1, 0.15) is 48.9 Å². The third kappa shape index (κ3) is 6.27. The van der Waals surface area contributed by atoms with Crippen LogP contribution in [0, 0.1) is 0 Å². The van der Waals surface area contributed by atoms with E-state index in [1.54, 1.807) is 6.07 Å². The van der Waals surface area contributed by atoms with Crippen LogP contribution in [0.15, 0.2) is 18.2 Å². The van der Waals surface area contributed by atoms with Crippen molar-refractivity contribution in [2.45, 2.75) is 38.5 Å². The number of unbranched alkanes of at least 4 members (excludes halogenated alkanes) is 4. The maximum atomic E-state index is 11.7. The predicted molar refractivity (Wildman–Crippen MR) is 82.0 cm³/mol. The Kier molecular flexibility index (Phi) is 7.25. The van der Waals surface area contributed by atoms with Crippen LogP contribution in [0.4, 0.5) is 5.69 Å². The molecular weight excluding hydrogens is 270 g/mol. The van der Waals surface area contributed by atoms with E-state index in [0.717, 1.165) is 32.1 Å². The van der Waals surface area contributed by atoms with Gasteiger partial charge in [-0.3, -0.25) is 9.59 Å². The summed E-state index contributed by atoms with van der Waals surface area (Å²) in [4.78, 5) is 22.7. The van der Waals surface area contributed by atoms with Crippen molar-refractivity contribution in [3.63, 3.8) is 0 Å². The molecule has 1 rings (SSSR count). The summed E-state index contributed by atoms with van der Waals surface area (Å²) in [6.45, 7) is 0.714. The van der Waals surface area contributed by atoms with Gasteiger partial charge in [0.15, 0.2) is 0 Å². The zero-order valence-electron chi connectivity index (χ0n) is 12.1. The van der Waals surface area contributed by atoms with Crippen molar-refractivity contribution < 1.29 is 14.7 Å². The van der Waals surface area contributed by atoms with E-state index in [9.17, 15) is 14.7 Å². The Hall–Kier alpha value is -2.08. The van der Waals surface area contributed by atoms with Crippen molar-refractivity contribution in [1.29, 1.82) is 0 Å². The Balaban J connectivity index is 2.34. The number of phenols is 1. The zero-order chi connectivity index (χ0) is 15.7. The number of rotatable bonds is 9. The monoisotopic (exact) mass is 293 g/mol. The van der Waals surface area contributed by atoms with Crippen LogP contribution in [0.5, 0.6) is 5.75 Å². The molecule has 0 heterocycles. The minimum Gasteiger partial charge on any atom is -0.507 e. The highest BCUT2D eigenvalue weighted by atomic mass is 16.3. The van der Waals surface area contributed by atoms with Gasteiger partial charge in [0.1, 0.15) is 5.75 Å². The van der Waals surface area contributed by atoms with Gasteiger partial charge in [-0.1, -0.05) is 19.3 Å². The van der Waals surface area contributed by atoms with Gasteiger partial charge in [0, 0.05) is 18.2 Å². The number of benzene rings is 1. The molecule has 0 fully saturated rings. The lowest BCUT2D eigenvalue weighted by atomic mass is 10.1. The summed E-state index contributed by atoms with van der Waals surface area (Å²) in [7, 11) is 0. The molecule has 21 heavy (non-hydrogen) atoms. The average Bonchev–Trinajstić information content (AvgIpc) is 2.42. The number of carbonyl (C=O) groups excluding carboxylic acids is 2. The number of nitrogens with two attached hydrogens (primary N) is 2. The molecule has 1 aromatic carbocycles. The summed E-state index contributed by atoms with van der Waals surface area (Å²) in [5, 5.41) is 12.3. The Morgan fingerprint density at radius 2 is 1.76 bits per heavy atom. The molecule has 0 aliphatic rings. The van der Waals surface area contributed by atoms with E-state index in [2.05, 4.69) is 5.32 Å². The number of hydrogen-bond donors (Lipinski definition) is 4. The lowest BCUT2D eigenvalue weighted by Gasteiger charge is -2.07. The SMILES string of the molecule is NCCCCCCCC(=O)Nc1ccc(C(N)=O)c(O)c1. The number of carbonyl (C=O) groups is 2. The van der Waals surface area contributed by atoms with Gasteiger partial charge in [-0.15, -0.1) is 0 Å². The smallest absolute Gasteiger partial charge is 0.252 e. The molecular formula is C15H23N3O3. The van der Waals surface area contributed by atoms with Crippen LogP contribution in [-0.2, 0) is 4.79 Å². The number of aromatic hydroxyl groups is 1. The third-order valence-electron chi connectivity index (χ3n) is 3.15. The van der Waals surface area contributed by atoms with Crippen molar-refractivity contribution in [3.8, 4) is 5.75 Å². The standard InChI is InChI=1S/C15H23N3O3/c16-9-5-3-1-2-4-6-14(20)18-11-7-8-12(15(17)21)13(19)10-11/h7-8,10,19H,1-6,9,16H2,(H2,17,21)(H,18,20). The first-order chi connectivity index (χ1) is 10.0. The predicted octanol–water partition coefficient (Wildman–Crippen LogP) is 1.73. The Morgan fingerprint density at radius 3 is 2.38 bits per heavy atom. The van der Waals surface area contributed by atoms with Gasteiger partial charge in [-0.2, -0.15) is 0 Å². The maximum absolute atomic E-state index is 11.7. The summed E-state index contributed by atoms with van der Waals surface area (Å²) in [6, 6.07) is 4.25. The Bertz CT molecular complexity index is 489. The molecule has 6 heteroatoms. The fourth-order valence-electron chi connectivity index (χ4n) is 2.00. The van der Waals surface area contributed by atoms with E-state index in [0.29, 0.717) is 18.7 Å². The summed E-state index contributed by atoms with van der Waals surface area (Å²) in [6.07, 6.45) is 5.46. The number of amides is 2. The summed E-state index contributed by atoms with van der Waals surface area (Å²) >= 11 is 0. The van der Waals surface area contributed by atoms with Gasteiger partial charge < -0.3 is 21.9 Å². The lowest BCUT2D eigenvalue weighted by molar-refractivity contribution is -0.116. The second kappa shape index (κ2) is 8.97. The highest BCUT2D eigenvalue weighted by Crippen LogP contribution is 2.21. The molecule has 0 radical (unpaired) electrons. The Morgan fingerprint density at radius 1 is 1.10 bits per heavy atom. The molecule has 0 unspecified atom stereocenters. The molecule has 0 atom stereocenters. The van der Waals surface area contributed by atoms with Crippen molar-refractivity contribution in [2.24, 2.45) is 11.5 Å². The summed E-state index contributed by atoms with van der Waals surface area (Å²) in [5.74, 6) is -1.05. The molecule has 0 aliphatic carbocycles. The minimum absolute atomic E-state index is 0.0351. The maximum Gasteiger partial charge on any atom is 0.252 e. The van der Waals surface area contributed by atoms with E-state index >= 15 is 0 Å². The van der Waals surface area contributed by atoms with E-state index in [-0.39, 0.29) is 17.2 Å². The van der Waals surface area contributed by atoms with E-state index in [1.807, 2.05) is 0 Å². The normalized spacial score (nSPS) is 10.3. The van der Waals surface area contributed by atoms with E-state index in [1.165, 1.54) is 12.1 Å². The molecule has 116 valence electrons. The fraction of sp³-hybridized carbons (Fsp3) is 0.467. The quantitative estimate of drug-likeness (QED) is 0.518. The van der Waals surface area contributed by atoms with Gasteiger partial charge in [0.05, 0.1) is 5.56 Å². The second-order valence-electron chi connectivity index (χ2n) is 4.95. The van der Waals surface area contributed by atoms with Crippen molar-refractivity contribution >= 4 is 17.5 Å². The van der Waals surface area contributed by atoms with Crippen molar-refractivity contribution in [1.82, 2.24) is 0 Å². The first-order valence-electron chi connectivity index (χ1n) is 7.17. The van der Waals surface area contributed by atoms with E-state index < -0.39 is 5.91 Å². The molecule has 0 aliphatic heterocycles. The Labute approximate surface area is 124 Å². The number of hydrogen-bond acceptors (Lipinski definition) is 4. The van der Waals surface area contributed by atoms with Crippen LogP contribution in [0.3, 0.4) is 0 Å². The molecule has 1 aromatic rings. The second-order valence-corrected chi connectivity index (χ2v) is 4.95. The van der Waals surface area contributed by atoms with Gasteiger partial charge in [0.25, 0.3) is 5.91 Å². The first-order valence-corrected chi connectivity index (χ1v) is 7.17. The highest BCUT2D eigenvalue weighted by Gasteiger charge is 2.09. The largest absolute Gasteiger partial charge is 0.507 e. The molecule has 6 nitrogen and oxygen atoms in total. The molecule has 0 bridgehead atoms. The number of anilines is 1. The van der Waals surface area contributed by atoms with Crippen molar-refractivity contribution in [3.05, 3.63) is 23.8 Å². The highest BCUT2D eigenvalue weighted by molar-refractivity contribution is 5.97. The van der Waals surface area contributed by atoms with Crippen LogP contribution in [0.2, 0.25) is 0 Å². The van der Waals surface area contributed by atoms with Gasteiger partial charge in [-0.05, 0) is 31.5 Å². The van der Waals surface area contributed by atoms with Crippen LogP contribution in [0.25, 0.3) is 0 Å². The van der Waals surface area contributed by atoms with Crippen LogP contribution < -0.4 is 16.8 Å². The molecule has 6 N–H and O–H groups in total. The zero-order valence-corrected chi connectivity index (χ0v) is 12.1. The van der Waals surface area contributed by atoms with Gasteiger partial charge >= 0.3 is 0 Å². The summed E-state index contributed by atoms with van der Waals surface area (Å²) in [5.41, 5.74) is 11.0. The van der Waals surface area contributed by atoms with E-state index in [4.69, 9.17) is 11.5 Å². The fourth-order valence-corrected chi connectivity index (χ4v) is 2.00. The number of nitrogens with one attached hydrogen (secondary N) is 1. The molecule has 0 aromatic heterocycles. The van der Waals surface area contributed by atoms with Gasteiger partial charge in [0.2, 0.25) is 5.91 Å². The molecule has 0 saturated carbocycles. The van der Waals surface area contributed by atoms with Gasteiger partial charge in [-0.25, -0.2) is 0 Å². The minimum atomic E-state index is -0.706. The van der Waals surface area contributed by atoms with Crippen LogP contribution >= 0.6 is 0 Å². The lowest BCUT2D eigenvalue weighted by Crippen LogP contribution is -2.13. The topological polar surface area (TPSA) is 118 Å². The number of primary amides is 1. The first kappa shape index (κ1) is 17.0. The molecule has 0 saturated heterocycles. The molecule has 2 amide bonds. The third-order valence-corrected chi connectivity index (χ3v) is 3.15. The van der Waals surface area contributed by atoms with Crippen LogP contribution in [-0.4, -0.2) is 23.5 Å². The average molecular weight is 293 g/mol. The summed E-state index contributed by atoms with van der Waals surface area (Å²) < 4.78 is 0. The van der Waals surface area contributed by atoms with Crippen molar-refractivity contribution in [2.75, 3.05) is 11.9 Å². The molecule has 0 spiro atoms.